The molecule has 0 radical (unpaired) electrons. The van der Waals surface area contributed by atoms with Crippen molar-refractivity contribution in [3.05, 3.63) is 23.8 Å². The molecule has 1 unspecified atom stereocenters. The van der Waals surface area contributed by atoms with Crippen LogP contribution in [0.15, 0.2) is 18.2 Å². The van der Waals surface area contributed by atoms with Crippen LogP contribution in [0.5, 0.6) is 11.5 Å². The third-order valence-corrected chi connectivity index (χ3v) is 2.49. The summed E-state index contributed by atoms with van der Waals surface area (Å²) in [5.41, 5.74) is 5.31. The number of Topliss-reactive ketones (excluding diaryl/α,β-unsaturated/α-hetero) is 1. The van der Waals surface area contributed by atoms with Crippen LogP contribution in [-0.4, -0.2) is 30.9 Å². The number of amides is 3. The molecule has 0 fully saturated rings. The minimum Gasteiger partial charge on any atom is -0.493 e. The average Bonchev–Trinajstić information content (AvgIpc) is 2.37. The number of ether oxygens (including phenoxy) is 2. The Morgan fingerprint density at radius 1 is 1.25 bits per heavy atom. The summed E-state index contributed by atoms with van der Waals surface area (Å²) in [6, 6.07) is 3.63. The van der Waals surface area contributed by atoms with Gasteiger partial charge in [-0.2, -0.15) is 0 Å². The number of nitrogens with one attached hydrogen (secondary N) is 1. The Bertz CT molecular complexity index is 542. The Kier molecular flexibility index (Phi) is 5.08. The zero-order valence-electron chi connectivity index (χ0n) is 11.4. The van der Waals surface area contributed by atoms with E-state index in [0.717, 1.165) is 0 Å². The molecule has 108 valence electrons. The summed E-state index contributed by atoms with van der Waals surface area (Å²) in [5, 5.41) is 1.91. The number of ketones is 1. The SMILES string of the molecule is COc1cc(C(C)=O)ccc1OC(C)C(=O)NC(N)=O. The van der Waals surface area contributed by atoms with Crippen molar-refractivity contribution in [2.45, 2.75) is 20.0 Å². The number of primary amides is 1. The van der Waals surface area contributed by atoms with Gasteiger partial charge < -0.3 is 15.2 Å². The lowest BCUT2D eigenvalue weighted by atomic mass is 10.1. The number of methoxy groups -OCH3 is 1. The molecule has 3 amide bonds. The second-order valence-electron chi connectivity index (χ2n) is 4.04. The van der Waals surface area contributed by atoms with E-state index in [0.29, 0.717) is 11.3 Å². The number of carbonyl (C=O) groups excluding carboxylic acids is 3. The maximum Gasteiger partial charge on any atom is 0.318 e. The Morgan fingerprint density at radius 3 is 2.40 bits per heavy atom. The zero-order valence-corrected chi connectivity index (χ0v) is 11.4. The second kappa shape index (κ2) is 6.55. The summed E-state index contributed by atoms with van der Waals surface area (Å²) in [5.74, 6) is -0.189. The van der Waals surface area contributed by atoms with E-state index >= 15 is 0 Å². The molecule has 0 aliphatic carbocycles. The van der Waals surface area contributed by atoms with E-state index in [9.17, 15) is 14.4 Å². The molecule has 0 saturated heterocycles. The molecule has 20 heavy (non-hydrogen) atoms. The fourth-order valence-electron chi connectivity index (χ4n) is 1.45. The maximum absolute atomic E-state index is 11.5. The number of imide groups is 1. The van der Waals surface area contributed by atoms with E-state index in [1.165, 1.54) is 33.1 Å². The van der Waals surface area contributed by atoms with E-state index in [4.69, 9.17) is 15.2 Å². The van der Waals surface area contributed by atoms with Gasteiger partial charge in [0.05, 0.1) is 7.11 Å². The van der Waals surface area contributed by atoms with Gasteiger partial charge in [-0.15, -0.1) is 0 Å². The van der Waals surface area contributed by atoms with Crippen molar-refractivity contribution in [3.8, 4) is 11.5 Å². The Morgan fingerprint density at radius 2 is 1.90 bits per heavy atom. The number of urea groups is 1. The number of nitrogens with two attached hydrogens (primary N) is 1. The molecule has 0 aromatic heterocycles. The van der Waals surface area contributed by atoms with Gasteiger partial charge in [0, 0.05) is 5.56 Å². The van der Waals surface area contributed by atoms with Crippen molar-refractivity contribution in [1.29, 1.82) is 0 Å². The molecular weight excluding hydrogens is 264 g/mol. The van der Waals surface area contributed by atoms with Crippen LogP contribution in [0, 0.1) is 0 Å². The molecule has 0 aliphatic rings. The number of benzene rings is 1. The van der Waals surface area contributed by atoms with E-state index in [1.807, 2.05) is 5.32 Å². The number of rotatable bonds is 5. The standard InChI is InChI=1S/C13H16N2O5/c1-7(16)9-4-5-10(11(6-9)19-3)20-8(2)12(17)15-13(14)18/h4-6,8H,1-3H3,(H3,14,15,17,18). The molecule has 1 aromatic carbocycles. The first-order valence-corrected chi connectivity index (χ1v) is 5.81. The molecular formula is C13H16N2O5. The van der Waals surface area contributed by atoms with Crippen molar-refractivity contribution in [2.75, 3.05) is 7.11 Å². The van der Waals surface area contributed by atoms with Crippen LogP contribution < -0.4 is 20.5 Å². The molecule has 0 spiro atoms. The highest BCUT2D eigenvalue weighted by Crippen LogP contribution is 2.29. The average molecular weight is 280 g/mol. The fourth-order valence-corrected chi connectivity index (χ4v) is 1.45. The minimum absolute atomic E-state index is 0.116. The van der Waals surface area contributed by atoms with Crippen LogP contribution in [0.1, 0.15) is 24.2 Å². The highest BCUT2D eigenvalue weighted by molar-refractivity contribution is 5.96. The first-order chi connectivity index (χ1) is 9.35. The zero-order chi connectivity index (χ0) is 15.3. The van der Waals surface area contributed by atoms with Crippen molar-refractivity contribution in [1.82, 2.24) is 5.32 Å². The van der Waals surface area contributed by atoms with Crippen LogP contribution in [0.4, 0.5) is 4.79 Å². The smallest absolute Gasteiger partial charge is 0.318 e. The van der Waals surface area contributed by atoms with E-state index in [-0.39, 0.29) is 11.5 Å². The van der Waals surface area contributed by atoms with Crippen molar-refractivity contribution >= 4 is 17.7 Å². The summed E-state index contributed by atoms with van der Waals surface area (Å²) < 4.78 is 10.5. The van der Waals surface area contributed by atoms with Gasteiger partial charge in [0.2, 0.25) is 0 Å². The molecule has 7 nitrogen and oxygen atoms in total. The lowest BCUT2D eigenvalue weighted by molar-refractivity contribution is -0.126. The number of hydrogen-bond donors (Lipinski definition) is 2. The van der Waals surface area contributed by atoms with Gasteiger partial charge in [-0.05, 0) is 32.0 Å². The molecule has 7 heteroatoms. The highest BCUT2D eigenvalue weighted by Gasteiger charge is 2.18. The van der Waals surface area contributed by atoms with Crippen LogP contribution in [0.3, 0.4) is 0 Å². The van der Waals surface area contributed by atoms with Crippen LogP contribution in [0.25, 0.3) is 0 Å². The topological polar surface area (TPSA) is 108 Å². The molecule has 1 rings (SSSR count). The Hall–Kier alpha value is -2.57. The molecule has 0 bridgehead atoms. The summed E-state index contributed by atoms with van der Waals surface area (Å²) in [6.45, 7) is 2.88. The lowest BCUT2D eigenvalue weighted by Gasteiger charge is -2.16. The molecule has 0 aliphatic heterocycles. The molecule has 0 heterocycles. The predicted octanol–water partition coefficient (Wildman–Crippen LogP) is 0.860. The quantitative estimate of drug-likeness (QED) is 0.778. The Labute approximate surface area is 116 Å². The lowest BCUT2D eigenvalue weighted by Crippen LogP contribution is -2.42. The monoisotopic (exact) mass is 280 g/mol. The van der Waals surface area contributed by atoms with Gasteiger partial charge >= 0.3 is 6.03 Å². The largest absolute Gasteiger partial charge is 0.493 e. The third-order valence-electron chi connectivity index (χ3n) is 2.49. The van der Waals surface area contributed by atoms with Gasteiger partial charge in [-0.3, -0.25) is 14.9 Å². The number of carbonyl (C=O) groups is 3. The predicted molar refractivity (Wildman–Crippen MR) is 70.8 cm³/mol. The fraction of sp³-hybridized carbons (Fsp3) is 0.308. The molecule has 0 saturated carbocycles. The Balaban J connectivity index is 2.89. The van der Waals surface area contributed by atoms with E-state index < -0.39 is 18.0 Å². The van der Waals surface area contributed by atoms with Gasteiger partial charge in [0.25, 0.3) is 5.91 Å². The summed E-state index contributed by atoms with van der Waals surface area (Å²) in [6.07, 6.45) is -0.945. The third kappa shape index (κ3) is 3.98. The second-order valence-corrected chi connectivity index (χ2v) is 4.04. The van der Waals surface area contributed by atoms with E-state index in [1.54, 1.807) is 6.07 Å². The normalized spacial score (nSPS) is 11.3. The maximum atomic E-state index is 11.5. The highest BCUT2D eigenvalue weighted by atomic mass is 16.5. The van der Waals surface area contributed by atoms with Gasteiger partial charge in [-0.25, -0.2) is 4.79 Å². The van der Waals surface area contributed by atoms with Gasteiger partial charge in [0.1, 0.15) is 0 Å². The van der Waals surface area contributed by atoms with Crippen molar-refractivity contribution in [2.24, 2.45) is 5.73 Å². The van der Waals surface area contributed by atoms with Gasteiger partial charge in [-0.1, -0.05) is 0 Å². The van der Waals surface area contributed by atoms with Crippen molar-refractivity contribution in [3.63, 3.8) is 0 Å². The first kappa shape index (κ1) is 15.5. The van der Waals surface area contributed by atoms with Crippen LogP contribution in [0.2, 0.25) is 0 Å². The van der Waals surface area contributed by atoms with Gasteiger partial charge in [0.15, 0.2) is 23.4 Å². The molecule has 1 aromatic rings. The summed E-state index contributed by atoms with van der Waals surface area (Å²) in [7, 11) is 1.42. The van der Waals surface area contributed by atoms with Crippen LogP contribution >= 0.6 is 0 Å². The first-order valence-electron chi connectivity index (χ1n) is 5.81. The molecule has 3 N–H and O–H groups in total. The van der Waals surface area contributed by atoms with E-state index in [2.05, 4.69) is 0 Å². The molecule has 1 atom stereocenters. The number of hydrogen-bond acceptors (Lipinski definition) is 5. The van der Waals surface area contributed by atoms with Crippen LogP contribution in [-0.2, 0) is 4.79 Å². The minimum atomic E-state index is -0.954. The summed E-state index contributed by atoms with van der Waals surface area (Å²) >= 11 is 0. The summed E-state index contributed by atoms with van der Waals surface area (Å²) in [4.78, 5) is 33.3. The van der Waals surface area contributed by atoms with Crippen molar-refractivity contribution < 1.29 is 23.9 Å².